The Balaban J connectivity index is 1.17. The van der Waals surface area contributed by atoms with Gasteiger partial charge >= 0.3 is 0 Å². The summed E-state index contributed by atoms with van der Waals surface area (Å²) >= 11 is 0. The van der Waals surface area contributed by atoms with Crippen molar-refractivity contribution < 1.29 is 14.3 Å². The molecule has 1 aromatic carbocycles. The van der Waals surface area contributed by atoms with E-state index in [1.54, 1.807) is 11.1 Å². The Kier molecular flexibility index (Phi) is 9.75. The smallest absolute Gasteiger partial charge is 0.237 e. The molecule has 0 saturated carbocycles. The van der Waals surface area contributed by atoms with Gasteiger partial charge in [0.2, 0.25) is 12.7 Å². The van der Waals surface area contributed by atoms with Crippen molar-refractivity contribution in [2.75, 3.05) is 46.1 Å². The Labute approximate surface area is 242 Å². The molecule has 0 bridgehead atoms. The van der Waals surface area contributed by atoms with Crippen LogP contribution < -0.4 is 20.1 Å². The third kappa shape index (κ3) is 7.03. The Morgan fingerprint density at radius 2 is 1.90 bits per heavy atom. The van der Waals surface area contributed by atoms with E-state index in [1.807, 2.05) is 12.1 Å². The first-order valence-electron chi connectivity index (χ1n) is 15.9. The van der Waals surface area contributed by atoms with Crippen LogP contribution in [-0.2, 0) is 11.2 Å². The second-order valence-electron chi connectivity index (χ2n) is 13.1. The lowest BCUT2D eigenvalue weighted by Crippen LogP contribution is -2.51. The SMILES string of the molecule is CCCN1CCC(N2C[C@@H](NCCC3=C(C)CCCC3(C)C)C[C@H]2C(=O)NCCc2ccc3c(c2)OCO3)CC1. The van der Waals surface area contributed by atoms with E-state index in [0.717, 1.165) is 75.3 Å². The van der Waals surface area contributed by atoms with E-state index < -0.39 is 0 Å². The zero-order valence-corrected chi connectivity index (χ0v) is 25.4. The summed E-state index contributed by atoms with van der Waals surface area (Å²) in [5, 5.41) is 7.17. The van der Waals surface area contributed by atoms with Crippen molar-refractivity contribution in [3.8, 4) is 11.5 Å². The molecule has 1 aromatic rings. The first-order chi connectivity index (χ1) is 19.3. The van der Waals surface area contributed by atoms with Crippen molar-refractivity contribution in [3.05, 3.63) is 34.9 Å². The molecular formula is C33H52N4O3. The minimum Gasteiger partial charge on any atom is -0.454 e. The van der Waals surface area contributed by atoms with Gasteiger partial charge in [-0.2, -0.15) is 0 Å². The highest BCUT2D eigenvalue weighted by atomic mass is 16.7. The van der Waals surface area contributed by atoms with Crippen LogP contribution in [0.2, 0.25) is 0 Å². The number of nitrogens with zero attached hydrogens (tertiary/aromatic N) is 2. The van der Waals surface area contributed by atoms with Crippen LogP contribution in [0.5, 0.6) is 11.5 Å². The van der Waals surface area contributed by atoms with E-state index in [-0.39, 0.29) is 18.7 Å². The number of ether oxygens (including phenoxy) is 2. The first kappa shape index (κ1) is 29.4. The van der Waals surface area contributed by atoms with Gasteiger partial charge in [0.15, 0.2) is 11.5 Å². The van der Waals surface area contributed by atoms with Crippen molar-refractivity contribution in [1.82, 2.24) is 20.4 Å². The van der Waals surface area contributed by atoms with Gasteiger partial charge in [-0.15, -0.1) is 0 Å². The van der Waals surface area contributed by atoms with Gasteiger partial charge in [0.1, 0.15) is 0 Å². The van der Waals surface area contributed by atoms with Crippen LogP contribution in [0.1, 0.15) is 84.6 Å². The fourth-order valence-corrected chi connectivity index (χ4v) is 7.63. The number of hydrogen-bond acceptors (Lipinski definition) is 6. The summed E-state index contributed by atoms with van der Waals surface area (Å²) in [6.07, 6.45) is 10.2. The molecule has 3 aliphatic heterocycles. The lowest BCUT2D eigenvalue weighted by molar-refractivity contribution is -0.126. The van der Waals surface area contributed by atoms with Crippen molar-refractivity contribution in [2.45, 2.75) is 104 Å². The Hall–Kier alpha value is -2.09. The van der Waals surface area contributed by atoms with E-state index in [9.17, 15) is 4.79 Å². The molecule has 2 saturated heterocycles. The molecule has 7 nitrogen and oxygen atoms in total. The topological polar surface area (TPSA) is 66.1 Å². The Morgan fingerprint density at radius 1 is 1.10 bits per heavy atom. The fourth-order valence-electron chi connectivity index (χ4n) is 7.63. The molecule has 4 aliphatic rings. The monoisotopic (exact) mass is 552 g/mol. The average Bonchev–Trinajstić information content (AvgIpc) is 3.58. The quantitative estimate of drug-likeness (QED) is 0.381. The highest BCUT2D eigenvalue weighted by molar-refractivity contribution is 5.82. The molecule has 3 heterocycles. The lowest BCUT2D eigenvalue weighted by atomic mass is 9.71. The zero-order chi connectivity index (χ0) is 28.1. The predicted molar refractivity (Wildman–Crippen MR) is 161 cm³/mol. The summed E-state index contributed by atoms with van der Waals surface area (Å²) in [5.74, 6) is 1.79. The lowest BCUT2D eigenvalue weighted by Gasteiger charge is -2.39. The largest absolute Gasteiger partial charge is 0.454 e. The van der Waals surface area contributed by atoms with E-state index in [4.69, 9.17) is 9.47 Å². The minimum absolute atomic E-state index is 0.0518. The van der Waals surface area contributed by atoms with Crippen LogP contribution in [0.15, 0.2) is 29.3 Å². The van der Waals surface area contributed by atoms with Gasteiger partial charge in [-0.25, -0.2) is 0 Å². The molecule has 0 spiro atoms. The van der Waals surface area contributed by atoms with Gasteiger partial charge in [0, 0.05) is 25.2 Å². The van der Waals surface area contributed by atoms with Crippen molar-refractivity contribution >= 4 is 5.91 Å². The van der Waals surface area contributed by atoms with Crippen LogP contribution in [0.3, 0.4) is 0 Å². The number of allylic oxidation sites excluding steroid dienone is 1. The number of likely N-dealkylation sites (tertiary alicyclic amines) is 2. The van der Waals surface area contributed by atoms with Gasteiger partial charge in [0.25, 0.3) is 0 Å². The van der Waals surface area contributed by atoms with Gasteiger partial charge in [-0.1, -0.05) is 38.0 Å². The number of rotatable bonds is 11. The van der Waals surface area contributed by atoms with Crippen LogP contribution in [-0.4, -0.2) is 79.9 Å². The van der Waals surface area contributed by atoms with Gasteiger partial charge < -0.3 is 25.0 Å². The predicted octanol–water partition coefficient (Wildman–Crippen LogP) is 4.90. The van der Waals surface area contributed by atoms with Crippen LogP contribution in [0, 0.1) is 5.41 Å². The van der Waals surface area contributed by atoms with Gasteiger partial charge in [0.05, 0.1) is 6.04 Å². The molecule has 0 radical (unpaired) electrons. The third-order valence-corrected chi connectivity index (χ3v) is 9.85. The van der Waals surface area contributed by atoms with E-state index >= 15 is 0 Å². The average molecular weight is 553 g/mol. The van der Waals surface area contributed by atoms with Crippen molar-refractivity contribution in [1.29, 1.82) is 0 Å². The number of nitrogens with one attached hydrogen (secondary N) is 2. The second kappa shape index (κ2) is 13.3. The number of carbonyl (C=O) groups excluding carboxylic acids is 1. The summed E-state index contributed by atoms with van der Waals surface area (Å²) in [6.45, 7) is 15.8. The summed E-state index contributed by atoms with van der Waals surface area (Å²) in [7, 11) is 0. The molecule has 40 heavy (non-hydrogen) atoms. The van der Waals surface area contributed by atoms with Crippen LogP contribution in [0.25, 0.3) is 0 Å². The molecule has 2 atom stereocenters. The maximum absolute atomic E-state index is 13.6. The molecule has 2 N–H and O–H groups in total. The van der Waals surface area contributed by atoms with Gasteiger partial charge in [-0.3, -0.25) is 9.69 Å². The highest BCUT2D eigenvalue weighted by Gasteiger charge is 2.41. The van der Waals surface area contributed by atoms with Crippen LogP contribution >= 0.6 is 0 Å². The molecule has 7 heteroatoms. The number of piperidine rings is 1. The number of fused-ring (bicyclic) bond motifs is 1. The minimum atomic E-state index is -0.0518. The normalized spacial score (nSPS) is 25.5. The zero-order valence-electron chi connectivity index (χ0n) is 25.4. The summed E-state index contributed by atoms with van der Waals surface area (Å²) in [5.41, 5.74) is 4.73. The third-order valence-electron chi connectivity index (χ3n) is 9.85. The van der Waals surface area contributed by atoms with E-state index in [1.165, 1.54) is 32.2 Å². The molecule has 0 aromatic heterocycles. The summed E-state index contributed by atoms with van der Waals surface area (Å²) in [6, 6.07) is 6.87. The Bertz CT molecular complexity index is 1050. The van der Waals surface area contributed by atoms with E-state index in [0.29, 0.717) is 24.0 Å². The summed E-state index contributed by atoms with van der Waals surface area (Å²) in [4.78, 5) is 18.7. The maximum Gasteiger partial charge on any atom is 0.237 e. The molecule has 5 rings (SSSR count). The number of amides is 1. The van der Waals surface area contributed by atoms with Crippen molar-refractivity contribution in [2.24, 2.45) is 5.41 Å². The van der Waals surface area contributed by atoms with Crippen molar-refractivity contribution in [3.63, 3.8) is 0 Å². The standard InChI is InChI=1S/C33H52N4O3/c1-5-17-36-18-12-27(13-19-36)37-22-26(34-16-11-28-24(2)7-6-14-33(28,3)4)21-29(37)32(38)35-15-10-25-8-9-30-31(20-25)40-23-39-30/h8-9,20,26-27,29,34H,5-7,10-19,21-23H2,1-4H3,(H,35,38)/t26-,29-/m0/s1. The fraction of sp³-hybridized carbons (Fsp3) is 0.727. The number of hydrogen-bond donors (Lipinski definition) is 2. The second-order valence-corrected chi connectivity index (χ2v) is 13.1. The van der Waals surface area contributed by atoms with E-state index in [2.05, 4.69) is 54.2 Å². The summed E-state index contributed by atoms with van der Waals surface area (Å²) < 4.78 is 11.0. The van der Waals surface area contributed by atoms with Crippen LogP contribution in [0.4, 0.5) is 0 Å². The number of carbonyl (C=O) groups is 1. The highest BCUT2D eigenvalue weighted by Crippen LogP contribution is 2.41. The molecule has 1 amide bonds. The maximum atomic E-state index is 13.6. The molecule has 0 unspecified atom stereocenters. The number of benzene rings is 1. The van der Waals surface area contributed by atoms with Gasteiger partial charge in [-0.05, 0) is 114 Å². The molecular weight excluding hydrogens is 500 g/mol. The molecule has 1 aliphatic carbocycles. The molecule has 2 fully saturated rings. The Morgan fingerprint density at radius 3 is 2.67 bits per heavy atom. The molecule has 222 valence electrons. The first-order valence-corrected chi connectivity index (χ1v) is 15.9.